The first-order chi connectivity index (χ1) is 10.0. The van der Waals surface area contributed by atoms with E-state index in [-0.39, 0.29) is 6.04 Å². The van der Waals surface area contributed by atoms with Gasteiger partial charge in [0.05, 0.1) is 4.90 Å². The lowest BCUT2D eigenvalue weighted by molar-refractivity contribution is 0.0585. The number of hydrogen-bond acceptors (Lipinski definition) is 4. The van der Waals surface area contributed by atoms with Crippen molar-refractivity contribution in [2.45, 2.75) is 37.2 Å². The van der Waals surface area contributed by atoms with Crippen LogP contribution in [0.3, 0.4) is 0 Å². The molecule has 0 bridgehead atoms. The molecule has 6 heteroatoms. The normalized spacial score (nSPS) is 18.6. The molecule has 0 radical (unpaired) electrons. The zero-order chi connectivity index (χ0) is 15.3. The van der Waals surface area contributed by atoms with Crippen LogP contribution in [0.5, 0.6) is 0 Å². The van der Waals surface area contributed by atoms with Gasteiger partial charge in [0.15, 0.2) is 0 Å². The minimum atomic E-state index is -3.49. The first kappa shape index (κ1) is 16.4. The van der Waals surface area contributed by atoms with Crippen molar-refractivity contribution in [2.75, 3.05) is 20.3 Å². The van der Waals surface area contributed by atoms with Gasteiger partial charge in [0.25, 0.3) is 0 Å². The second-order valence-electron chi connectivity index (χ2n) is 5.50. The Morgan fingerprint density at radius 3 is 2.62 bits per heavy atom. The maximum atomic E-state index is 12.6. The van der Waals surface area contributed by atoms with Crippen molar-refractivity contribution >= 4 is 10.0 Å². The zero-order valence-corrected chi connectivity index (χ0v) is 13.4. The molecule has 1 saturated heterocycles. The average molecular weight is 312 g/mol. The number of nitrogens with one attached hydrogen (secondary N) is 2. The second kappa shape index (κ2) is 7.35. The van der Waals surface area contributed by atoms with E-state index < -0.39 is 10.0 Å². The van der Waals surface area contributed by atoms with Gasteiger partial charge >= 0.3 is 0 Å². The molecule has 0 saturated carbocycles. The third kappa shape index (κ3) is 4.26. The van der Waals surface area contributed by atoms with Gasteiger partial charge in [0.1, 0.15) is 0 Å². The van der Waals surface area contributed by atoms with Crippen molar-refractivity contribution < 1.29 is 13.2 Å². The lowest BCUT2D eigenvalue weighted by Gasteiger charge is -2.28. The van der Waals surface area contributed by atoms with Crippen molar-refractivity contribution in [2.24, 2.45) is 5.92 Å². The maximum absolute atomic E-state index is 12.6. The van der Waals surface area contributed by atoms with Crippen LogP contribution >= 0.6 is 0 Å². The standard InChI is InChI=1S/C15H24N2O3S/c1-12(13-7-9-20-10-8-13)17-21(18,19)15-6-4-3-5-14(15)11-16-2/h3-6,12-13,16-17H,7-11H2,1-2H3. The third-order valence-electron chi connectivity index (χ3n) is 3.94. The summed E-state index contributed by atoms with van der Waals surface area (Å²) in [5, 5.41) is 3.00. The number of benzene rings is 1. The topological polar surface area (TPSA) is 67.4 Å². The molecule has 2 N–H and O–H groups in total. The smallest absolute Gasteiger partial charge is 0.241 e. The van der Waals surface area contributed by atoms with Crippen molar-refractivity contribution in [1.29, 1.82) is 0 Å². The van der Waals surface area contributed by atoms with E-state index in [0.29, 0.717) is 30.6 Å². The Morgan fingerprint density at radius 1 is 1.29 bits per heavy atom. The van der Waals surface area contributed by atoms with E-state index in [4.69, 9.17) is 4.74 Å². The molecule has 2 rings (SSSR count). The molecule has 1 heterocycles. The molecule has 0 aromatic heterocycles. The van der Waals surface area contributed by atoms with Crippen LogP contribution in [0, 0.1) is 5.92 Å². The first-order valence-electron chi connectivity index (χ1n) is 7.37. The Hall–Kier alpha value is -0.950. The SMILES string of the molecule is CNCc1ccccc1S(=O)(=O)NC(C)C1CCOCC1. The maximum Gasteiger partial charge on any atom is 0.241 e. The predicted octanol–water partition coefficient (Wildman–Crippen LogP) is 1.50. The van der Waals surface area contributed by atoms with E-state index in [9.17, 15) is 8.42 Å². The number of ether oxygens (including phenoxy) is 1. The number of hydrogen-bond donors (Lipinski definition) is 2. The average Bonchev–Trinajstić information content (AvgIpc) is 2.48. The summed E-state index contributed by atoms with van der Waals surface area (Å²) in [7, 11) is -1.69. The van der Waals surface area contributed by atoms with Crippen molar-refractivity contribution in [3.05, 3.63) is 29.8 Å². The van der Waals surface area contributed by atoms with Crippen molar-refractivity contribution in [3.8, 4) is 0 Å². The summed E-state index contributed by atoms with van der Waals surface area (Å²) < 4.78 is 33.4. The quantitative estimate of drug-likeness (QED) is 0.835. The lowest BCUT2D eigenvalue weighted by atomic mass is 9.94. The van der Waals surface area contributed by atoms with Gasteiger partial charge in [0, 0.05) is 25.8 Å². The van der Waals surface area contributed by atoms with Gasteiger partial charge in [-0.25, -0.2) is 13.1 Å². The first-order valence-corrected chi connectivity index (χ1v) is 8.85. The molecule has 1 atom stereocenters. The third-order valence-corrected chi connectivity index (χ3v) is 5.60. The highest BCUT2D eigenvalue weighted by molar-refractivity contribution is 7.89. The highest BCUT2D eigenvalue weighted by Crippen LogP contribution is 2.21. The van der Waals surface area contributed by atoms with Crippen molar-refractivity contribution in [3.63, 3.8) is 0 Å². The van der Waals surface area contributed by atoms with Gasteiger partial charge in [-0.15, -0.1) is 0 Å². The molecule has 21 heavy (non-hydrogen) atoms. The van der Waals surface area contributed by atoms with Crippen LogP contribution in [-0.2, 0) is 21.3 Å². The summed E-state index contributed by atoms with van der Waals surface area (Å²) in [4.78, 5) is 0.359. The summed E-state index contributed by atoms with van der Waals surface area (Å²) in [5.74, 6) is 0.338. The minimum Gasteiger partial charge on any atom is -0.381 e. The van der Waals surface area contributed by atoms with E-state index in [2.05, 4.69) is 10.0 Å². The van der Waals surface area contributed by atoms with Crippen LogP contribution in [0.4, 0.5) is 0 Å². The van der Waals surface area contributed by atoms with Gasteiger partial charge in [-0.3, -0.25) is 0 Å². The molecule has 1 aliphatic heterocycles. The van der Waals surface area contributed by atoms with Gasteiger partial charge < -0.3 is 10.1 Å². The summed E-state index contributed by atoms with van der Waals surface area (Å²) in [6, 6.07) is 7.03. The lowest BCUT2D eigenvalue weighted by Crippen LogP contribution is -2.40. The largest absolute Gasteiger partial charge is 0.381 e. The number of sulfonamides is 1. The Morgan fingerprint density at radius 2 is 1.95 bits per heavy atom. The fourth-order valence-electron chi connectivity index (χ4n) is 2.72. The van der Waals surface area contributed by atoms with E-state index in [1.807, 2.05) is 26.1 Å². The van der Waals surface area contributed by atoms with E-state index in [0.717, 1.165) is 18.4 Å². The Labute approximate surface area is 127 Å². The summed E-state index contributed by atoms with van der Waals surface area (Å²) in [6.07, 6.45) is 1.81. The fourth-order valence-corrected chi connectivity index (χ4v) is 4.27. The zero-order valence-electron chi connectivity index (χ0n) is 12.6. The molecule has 5 nitrogen and oxygen atoms in total. The van der Waals surface area contributed by atoms with E-state index >= 15 is 0 Å². The molecular weight excluding hydrogens is 288 g/mol. The molecule has 0 aliphatic carbocycles. The Kier molecular flexibility index (Phi) is 5.75. The highest BCUT2D eigenvalue weighted by Gasteiger charge is 2.26. The second-order valence-corrected chi connectivity index (χ2v) is 7.18. The van der Waals surface area contributed by atoms with E-state index in [1.54, 1.807) is 12.1 Å². The van der Waals surface area contributed by atoms with Crippen LogP contribution in [-0.4, -0.2) is 34.7 Å². The van der Waals surface area contributed by atoms with Gasteiger partial charge in [0.2, 0.25) is 10.0 Å². The number of rotatable bonds is 6. The molecule has 1 aliphatic rings. The summed E-state index contributed by atoms with van der Waals surface area (Å²) in [6.45, 7) is 3.90. The monoisotopic (exact) mass is 312 g/mol. The molecule has 1 fully saturated rings. The Bertz CT molecular complexity index is 554. The summed E-state index contributed by atoms with van der Waals surface area (Å²) >= 11 is 0. The van der Waals surface area contributed by atoms with Crippen LogP contribution in [0.1, 0.15) is 25.3 Å². The minimum absolute atomic E-state index is 0.0819. The predicted molar refractivity (Wildman–Crippen MR) is 82.5 cm³/mol. The fraction of sp³-hybridized carbons (Fsp3) is 0.600. The molecule has 1 unspecified atom stereocenters. The van der Waals surface area contributed by atoms with Gasteiger partial charge in [-0.05, 0) is 44.4 Å². The van der Waals surface area contributed by atoms with Crippen LogP contribution < -0.4 is 10.0 Å². The molecule has 0 amide bonds. The summed E-state index contributed by atoms with van der Waals surface area (Å²) in [5.41, 5.74) is 0.784. The van der Waals surface area contributed by atoms with Crippen LogP contribution in [0.2, 0.25) is 0 Å². The van der Waals surface area contributed by atoms with Gasteiger partial charge in [-0.2, -0.15) is 0 Å². The molecule has 0 spiro atoms. The molecule has 118 valence electrons. The highest BCUT2D eigenvalue weighted by atomic mass is 32.2. The van der Waals surface area contributed by atoms with Crippen molar-refractivity contribution in [1.82, 2.24) is 10.0 Å². The van der Waals surface area contributed by atoms with Crippen LogP contribution in [0.15, 0.2) is 29.2 Å². The molecular formula is C15H24N2O3S. The van der Waals surface area contributed by atoms with Gasteiger partial charge in [-0.1, -0.05) is 18.2 Å². The molecule has 1 aromatic carbocycles. The van der Waals surface area contributed by atoms with Crippen LogP contribution in [0.25, 0.3) is 0 Å². The Balaban J connectivity index is 2.14. The molecule has 1 aromatic rings. The van der Waals surface area contributed by atoms with E-state index in [1.165, 1.54) is 0 Å².